The van der Waals surface area contributed by atoms with Crippen LogP contribution in [0.15, 0.2) is 16.3 Å². The molecule has 4 nitrogen and oxygen atoms in total. The molecule has 0 radical (unpaired) electrons. The molecule has 1 aliphatic heterocycles. The average molecular weight is 302 g/mol. The van der Waals surface area contributed by atoms with Crippen molar-refractivity contribution in [1.29, 1.82) is 0 Å². The molecule has 0 amide bonds. The van der Waals surface area contributed by atoms with Crippen LogP contribution < -0.4 is 5.32 Å². The summed E-state index contributed by atoms with van der Waals surface area (Å²) in [5, 5.41) is 4.80. The fourth-order valence-electron chi connectivity index (χ4n) is 2.64. The van der Waals surface area contributed by atoms with Crippen molar-refractivity contribution in [2.24, 2.45) is 5.92 Å². The van der Waals surface area contributed by atoms with E-state index in [1.807, 2.05) is 14.0 Å². The first kappa shape index (κ1) is 15.0. The fourth-order valence-corrected chi connectivity index (χ4v) is 5.57. The summed E-state index contributed by atoms with van der Waals surface area (Å²) in [7, 11) is -1.45. The van der Waals surface area contributed by atoms with E-state index in [0.29, 0.717) is 23.9 Å². The first-order chi connectivity index (χ1) is 8.95. The number of rotatable bonds is 4. The number of hydrogen-bond donors (Lipinski definition) is 1. The molecule has 0 aromatic carbocycles. The highest BCUT2D eigenvalue weighted by Gasteiger charge is 2.33. The molecular formula is C13H22N2O2S2. The van der Waals surface area contributed by atoms with Gasteiger partial charge in [-0.15, -0.1) is 11.3 Å². The summed E-state index contributed by atoms with van der Waals surface area (Å²) in [6.07, 6.45) is 1.91. The van der Waals surface area contributed by atoms with E-state index in [1.165, 1.54) is 11.3 Å². The molecule has 19 heavy (non-hydrogen) atoms. The Balaban J connectivity index is 2.21. The Morgan fingerprint density at radius 1 is 1.47 bits per heavy atom. The van der Waals surface area contributed by atoms with Crippen molar-refractivity contribution in [3.8, 4) is 0 Å². The van der Waals surface area contributed by atoms with Crippen molar-refractivity contribution in [2.75, 3.05) is 13.6 Å². The Labute approximate surface area is 119 Å². The third-order valence-corrected chi connectivity index (χ3v) is 6.74. The molecule has 1 aromatic heterocycles. The number of nitrogens with one attached hydrogen (secondary N) is 1. The Kier molecular flexibility index (Phi) is 4.66. The fraction of sp³-hybridized carbons (Fsp3) is 0.692. The Morgan fingerprint density at radius 2 is 2.21 bits per heavy atom. The van der Waals surface area contributed by atoms with Crippen LogP contribution in [0.4, 0.5) is 0 Å². The molecule has 1 aliphatic rings. The Hall–Kier alpha value is -0.430. The molecule has 1 aromatic rings. The number of sulfonamides is 1. The number of thiophene rings is 1. The van der Waals surface area contributed by atoms with Crippen LogP contribution in [0.3, 0.4) is 0 Å². The van der Waals surface area contributed by atoms with Crippen LogP contribution >= 0.6 is 11.3 Å². The molecule has 2 unspecified atom stereocenters. The minimum absolute atomic E-state index is 0.0985. The minimum Gasteiger partial charge on any atom is -0.315 e. The maximum Gasteiger partial charge on any atom is 0.244 e. The molecular weight excluding hydrogens is 280 g/mol. The summed E-state index contributed by atoms with van der Waals surface area (Å²) in [6, 6.07) is 1.89. The molecule has 1 saturated heterocycles. The van der Waals surface area contributed by atoms with Gasteiger partial charge in [0.05, 0.1) is 4.90 Å². The van der Waals surface area contributed by atoms with Gasteiger partial charge in [-0.1, -0.05) is 6.92 Å². The van der Waals surface area contributed by atoms with E-state index in [1.54, 1.807) is 15.8 Å². The van der Waals surface area contributed by atoms with Gasteiger partial charge in [0.15, 0.2) is 0 Å². The summed E-state index contributed by atoms with van der Waals surface area (Å²) in [4.78, 5) is 1.50. The number of nitrogens with zero attached hydrogens (tertiary/aromatic N) is 1. The van der Waals surface area contributed by atoms with E-state index in [-0.39, 0.29) is 6.04 Å². The normalized spacial score (nSPS) is 25.6. The quantitative estimate of drug-likeness (QED) is 0.928. The zero-order valence-corrected chi connectivity index (χ0v) is 13.4. The molecule has 108 valence electrons. The zero-order chi connectivity index (χ0) is 14.0. The van der Waals surface area contributed by atoms with E-state index in [9.17, 15) is 8.42 Å². The van der Waals surface area contributed by atoms with Crippen molar-refractivity contribution in [3.05, 3.63) is 16.3 Å². The van der Waals surface area contributed by atoms with E-state index in [0.717, 1.165) is 17.7 Å². The molecule has 0 aliphatic carbocycles. The summed E-state index contributed by atoms with van der Waals surface area (Å²) < 4.78 is 26.9. The summed E-state index contributed by atoms with van der Waals surface area (Å²) in [5.41, 5.74) is 0. The Bertz CT molecular complexity index is 525. The van der Waals surface area contributed by atoms with Gasteiger partial charge < -0.3 is 5.32 Å². The van der Waals surface area contributed by atoms with Crippen LogP contribution in [0.5, 0.6) is 0 Å². The van der Waals surface area contributed by atoms with Crippen LogP contribution in [-0.2, 0) is 16.6 Å². The largest absolute Gasteiger partial charge is 0.315 e. The van der Waals surface area contributed by atoms with Gasteiger partial charge in [0.25, 0.3) is 0 Å². The highest BCUT2D eigenvalue weighted by molar-refractivity contribution is 7.89. The van der Waals surface area contributed by atoms with Crippen molar-refractivity contribution >= 4 is 21.4 Å². The maximum atomic E-state index is 12.6. The molecule has 2 atom stereocenters. The van der Waals surface area contributed by atoms with E-state index >= 15 is 0 Å². The second-order valence-corrected chi connectivity index (χ2v) is 8.26. The second-order valence-electron chi connectivity index (χ2n) is 5.37. The molecule has 1 N–H and O–H groups in total. The van der Waals surface area contributed by atoms with Crippen LogP contribution in [-0.4, -0.2) is 32.4 Å². The highest BCUT2D eigenvalue weighted by atomic mass is 32.2. The highest BCUT2D eigenvalue weighted by Crippen LogP contribution is 2.30. The summed E-state index contributed by atoms with van der Waals surface area (Å²) in [6.45, 7) is 5.55. The molecule has 0 saturated carbocycles. The van der Waals surface area contributed by atoms with Crippen LogP contribution in [0.25, 0.3) is 0 Å². The Morgan fingerprint density at radius 3 is 2.84 bits per heavy atom. The standard InChI is InChI=1S/C13H22N2O2S2/c1-10-4-5-15(11(2)6-10)19(16,17)13-7-12(8-14-3)18-9-13/h7,9-11,14H,4-6,8H2,1-3H3. The lowest BCUT2D eigenvalue weighted by atomic mass is 9.95. The lowest BCUT2D eigenvalue weighted by Gasteiger charge is -2.35. The number of piperidine rings is 1. The molecule has 6 heteroatoms. The smallest absolute Gasteiger partial charge is 0.244 e. The van der Waals surface area contributed by atoms with E-state index in [4.69, 9.17) is 0 Å². The van der Waals surface area contributed by atoms with Crippen molar-refractivity contribution in [1.82, 2.24) is 9.62 Å². The third kappa shape index (κ3) is 3.18. The van der Waals surface area contributed by atoms with Gasteiger partial charge in [-0.2, -0.15) is 4.31 Å². The van der Waals surface area contributed by atoms with Crippen molar-refractivity contribution in [3.63, 3.8) is 0 Å². The lowest BCUT2D eigenvalue weighted by molar-refractivity contribution is 0.220. The van der Waals surface area contributed by atoms with Gasteiger partial charge in [-0.3, -0.25) is 0 Å². The first-order valence-corrected chi connectivity index (χ1v) is 9.01. The van der Waals surface area contributed by atoms with E-state index in [2.05, 4.69) is 12.2 Å². The SMILES string of the molecule is CNCc1cc(S(=O)(=O)N2CCC(C)CC2C)cs1. The van der Waals surface area contributed by atoms with Gasteiger partial charge in [-0.25, -0.2) is 8.42 Å². The van der Waals surface area contributed by atoms with Crippen LogP contribution in [0.1, 0.15) is 31.6 Å². The van der Waals surface area contributed by atoms with Crippen LogP contribution in [0.2, 0.25) is 0 Å². The maximum absolute atomic E-state index is 12.6. The van der Waals surface area contributed by atoms with Gasteiger partial charge >= 0.3 is 0 Å². The molecule has 2 rings (SSSR count). The third-order valence-electron chi connectivity index (χ3n) is 3.66. The second kappa shape index (κ2) is 5.91. The van der Waals surface area contributed by atoms with Gasteiger partial charge in [0.2, 0.25) is 10.0 Å². The summed E-state index contributed by atoms with van der Waals surface area (Å²) in [5.74, 6) is 0.615. The molecule has 0 bridgehead atoms. The van der Waals surface area contributed by atoms with Gasteiger partial charge in [0, 0.05) is 29.4 Å². The predicted molar refractivity (Wildman–Crippen MR) is 78.8 cm³/mol. The minimum atomic E-state index is -3.32. The topological polar surface area (TPSA) is 49.4 Å². The van der Waals surface area contributed by atoms with Crippen molar-refractivity contribution < 1.29 is 8.42 Å². The molecule has 1 fully saturated rings. The molecule has 2 heterocycles. The monoisotopic (exact) mass is 302 g/mol. The first-order valence-electron chi connectivity index (χ1n) is 6.69. The van der Waals surface area contributed by atoms with Gasteiger partial charge in [0.1, 0.15) is 0 Å². The summed E-state index contributed by atoms with van der Waals surface area (Å²) >= 11 is 1.50. The van der Waals surface area contributed by atoms with Crippen molar-refractivity contribution in [2.45, 2.75) is 44.2 Å². The lowest BCUT2D eigenvalue weighted by Crippen LogP contribution is -2.43. The number of hydrogen-bond acceptors (Lipinski definition) is 4. The molecule has 0 spiro atoms. The zero-order valence-electron chi connectivity index (χ0n) is 11.7. The predicted octanol–water partition coefficient (Wildman–Crippen LogP) is 2.28. The van der Waals surface area contributed by atoms with Gasteiger partial charge in [-0.05, 0) is 38.8 Å². The van der Waals surface area contributed by atoms with Crippen LogP contribution in [0, 0.1) is 5.92 Å². The van der Waals surface area contributed by atoms with E-state index < -0.39 is 10.0 Å². The average Bonchev–Trinajstić information content (AvgIpc) is 2.78.